The minimum atomic E-state index is -1.45. The molecular formula is C9H3Br3O6. The number of carboxylic acids is 3. The number of carboxylic acid groups (broad SMARTS) is 3. The summed E-state index contributed by atoms with van der Waals surface area (Å²) in [5.74, 6) is -4.36. The molecule has 0 heterocycles. The first-order valence-corrected chi connectivity index (χ1v) is 6.48. The number of rotatable bonds is 3. The molecule has 18 heavy (non-hydrogen) atoms. The van der Waals surface area contributed by atoms with Gasteiger partial charge in [-0.15, -0.1) is 0 Å². The summed E-state index contributed by atoms with van der Waals surface area (Å²) in [5.41, 5.74) is -1.39. The average Bonchev–Trinajstić information content (AvgIpc) is 2.14. The number of benzene rings is 1. The maximum absolute atomic E-state index is 11.0. The number of carbonyl (C=O) groups is 3. The van der Waals surface area contributed by atoms with Crippen molar-refractivity contribution in [2.75, 3.05) is 0 Å². The summed E-state index contributed by atoms with van der Waals surface area (Å²) in [5, 5.41) is 27.0. The van der Waals surface area contributed by atoms with Gasteiger partial charge in [0.25, 0.3) is 0 Å². The molecule has 0 aromatic heterocycles. The fourth-order valence-corrected chi connectivity index (χ4v) is 4.23. The van der Waals surface area contributed by atoms with Gasteiger partial charge in [0.15, 0.2) is 0 Å². The van der Waals surface area contributed by atoms with Crippen molar-refractivity contribution in [2.45, 2.75) is 0 Å². The summed E-state index contributed by atoms with van der Waals surface area (Å²) < 4.78 is -0.649. The molecule has 0 saturated heterocycles. The van der Waals surface area contributed by atoms with Gasteiger partial charge in [-0.25, -0.2) is 14.4 Å². The smallest absolute Gasteiger partial charge is 0.338 e. The van der Waals surface area contributed by atoms with Crippen LogP contribution in [0.1, 0.15) is 31.1 Å². The predicted molar refractivity (Wildman–Crippen MR) is 70.4 cm³/mol. The van der Waals surface area contributed by atoms with E-state index in [0.717, 1.165) is 0 Å². The topological polar surface area (TPSA) is 112 Å². The Labute approximate surface area is 125 Å². The van der Waals surface area contributed by atoms with Crippen LogP contribution in [0.3, 0.4) is 0 Å². The van der Waals surface area contributed by atoms with Crippen LogP contribution < -0.4 is 0 Å². The molecule has 1 aromatic rings. The fourth-order valence-electron chi connectivity index (χ4n) is 1.23. The summed E-state index contributed by atoms with van der Waals surface area (Å²) in [6.45, 7) is 0. The minimum Gasteiger partial charge on any atom is -0.478 e. The Morgan fingerprint density at radius 3 is 0.889 bits per heavy atom. The predicted octanol–water partition coefficient (Wildman–Crippen LogP) is 3.07. The van der Waals surface area contributed by atoms with Gasteiger partial charge in [-0.05, 0) is 47.8 Å². The summed E-state index contributed by atoms with van der Waals surface area (Å²) in [6, 6.07) is 0. The van der Waals surface area contributed by atoms with Crippen LogP contribution in [0.5, 0.6) is 0 Å². The van der Waals surface area contributed by atoms with Crippen LogP contribution in [0.4, 0.5) is 0 Å². The van der Waals surface area contributed by atoms with E-state index in [-0.39, 0.29) is 13.4 Å². The second kappa shape index (κ2) is 5.37. The average molecular weight is 447 g/mol. The first kappa shape index (κ1) is 15.1. The molecule has 96 valence electrons. The highest BCUT2D eigenvalue weighted by Gasteiger charge is 2.30. The summed E-state index contributed by atoms with van der Waals surface area (Å²) in [4.78, 5) is 33.1. The van der Waals surface area contributed by atoms with Crippen LogP contribution in [0.25, 0.3) is 0 Å². The van der Waals surface area contributed by atoms with E-state index in [1.165, 1.54) is 0 Å². The van der Waals surface area contributed by atoms with E-state index in [0.29, 0.717) is 0 Å². The molecule has 0 fully saturated rings. The lowest BCUT2D eigenvalue weighted by atomic mass is 10.1. The van der Waals surface area contributed by atoms with Crippen LogP contribution in [0, 0.1) is 0 Å². The third-order valence-electron chi connectivity index (χ3n) is 1.96. The number of halogens is 3. The molecule has 0 aliphatic carbocycles. The highest BCUT2D eigenvalue weighted by Crippen LogP contribution is 2.38. The lowest BCUT2D eigenvalue weighted by molar-refractivity contribution is 0.0694. The molecule has 0 bridgehead atoms. The van der Waals surface area contributed by atoms with E-state index in [9.17, 15) is 14.4 Å². The Morgan fingerprint density at radius 2 is 0.778 bits per heavy atom. The van der Waals surface area contributed by atoms with Crippen molar-refractivity contribution in [3.63, 3.8) is 0 Å². The quantitative estimate of drug-likeness (QED) is 0.658. The van der Waals surface area contributed by atoms with Crippen molar-refractivity contribution in [3.8, 4) is 0 Å². The molecule has 9 heteroatoms. The van der Waals surface area contributed by atoms with E-state index in [1.807, 2.05) is 0 Å². The molecule has 0 aliphatic rings. The molecule has 0 unspecified atom stereocenters. The molecule has 6 nitrogen and oxygen atoms in total. The van der Waals surface area contributed by atoms with Gasteiger partial charge in [0.2, 0.25) is 0 Å². The molecule has 0 spiro atoms. The SMILES string of the molecule is O=C(O)c1c(Br)c(C(=O)O)c(Br)c(C(=O)O)c1Br. The zero-order valence-electron chi connectivity index (χ0n) is 8.20. The zero-order chi connectivity index (χ0) is 14.2. The first-order valence-electron chi connectivity index (χ1n) is 4.10. The van der Waals surface area contributed by atoms with Gasteiger partial charge in [-0.2, -0.15) is 0 Å². The third kappa shape index (κ3) is 2.43. The molecule has 0 atom stereocenters. The van der Waals surface area contributed by atoms with Crippen LogP contribution in [0.15, 0.2) is 13.4 Å². The molecule has 1 rings (SSSR count). The molecule has 0 aliphatic heterocycles. The Morgan fingerprint density at radius 1 is 0.611 bits per heavy atom. The largest absolute Gasteiger partial charge is 0.478 e. The fraction of sp³-hybridized carbons (Fsp3) is 0. The molecule has 1 aromatic carbocycles. The van der Waals surface area contributed by atoms with Crippen molar-refractivity contribution < 1.29 is 29.7 Å². The van der Waals surface area contributed by atoms with E-state index in [2.05, 4.69) is 47.8 Å². The Kier molecular flexibility index (Phi) is 4.51. The lowest BCUT2D eigenvalue weighted by Gasteiger charge is -2.12. The van der Waals surface area contributed by atoms with Crippen LogP contribution in [0.2, 0.25) is 0 Å². The standard InChI is InChI=1S/C9H3Br3O6/c10-4-1(7(13)14)5(11)3(9(17)18)6(12)2(4)8(15)16/h(H,13,14)(H,15,16)(H,17,18). The highest BCUT2D eigenvalue weighted by molar-refractivity contribution is 9.11. The highest BCUT2D eigenvalue weighted by atomic mass is 79.9. The van der Waals surface area contributed by atoms with E-state index < -0.39 is 34.6 Å². The van der Waals surface area contributed by atoms with Gasteiger partial charge >= 0.3 is 17.9 Å². The molecule has 0 amide bonds. The maximum atomic E-state index is 11.0. The minimum absolute atomic E-state index is 0.216. The van der Waals surface area contributed by atoms with Gasteiger partial charge in [0, 0.05) is 13.4 Å². The second-order valence-corrected chi connectivity index (χ2v) is 5.36. The molecule has 0 saturated carbocycles. The summed E-state index contributed by atoms with van der Waals surface area (Å²) >= 11 is 8.56. The number of hydrogen-bond donors (Lipinski definition) is 3. The van der Waals surface area contributed by atoms with Crippen LogP contribution in [-0.2, 0) is 0 Å². The van der Waals surface area contributed by atoms with Crippen molar-refractivity contribution in [2.24, 2.45) is 0 Å². The Balaban J connectivity index is 3.94. The maximum Gasteiger partial charge on any atom is 0.338 e. The van der Waals surface area contributed by atoms with Gasteiger partial charge in [0.05, 0.1) is 16.7 Å². The zero-order valence-corrected chi connectivity index (χ0v) is 13.0. The van der Waals surface area contributed by atoms with Crippen LogP contribution in [-0.4, -0.2) is 33.2 Å². The van der Waals surface area contributed by atoms with E-state index >= 15 is 0 Å². The van der Waals surface area contributed by atoms with Crippen molar-refractivity contribution in [1.29, 1.82) is 0 Å². The number of hydrogen-bond acceptors (Lipinski definition) is 3. The van der Waals surface area contributed by atoms with Gasteiger partial charge < -0.3 is 15.3 Å². The van der Waals surface area contributed by atoms with Gasteiger partial charge in [0.1, 0.15) is 0 Å². The monoisotopic (exact) mass is 444 g/mol. The third-order valence-corrected chi connectivity index (χ3v) is 4.34. The van der Waals surface area contributed by atoms with Crippen molar-refractivity contribution in [3.05, 3.63) is 30.1 Å². The number of aromatic carboxylic acids is 3. The molecular weight excluding hydrogens is 444 g/mol. The second-order valence-electron chi connectivity index (χ2n) is 2.98. The van der Waals surface area contributed by atoms with Crippen molar-refractivity contribution >= 4 is 65.7 Å². The summed E-state index contributed by atoms with van der Waals surface area (Å²) in [7, 11) is 0. The van der Waals surface area contributed by atoms with Crippen LogP contribution >= 0.6 is 47.8 Å². The molecule has 3 N–H and O–H groups in total. The van der Waals surface area contributed by atoms with Gasteiger partial charge in [-0.3, -0.25) is 0 Å². The normalized spacial score (nSPS) is 10.2. The first-order chi connectivity index (χ1) is 8.20. The van der Waals surface area contributed by atoms with E-state index in [1.54, 1.807) is 0 Å². The van der Waals surface area contributed by atoms with Gasteiger partial charge in [-0.1, -0.05) is 0 Å². The Bertz CT molecular complexity index is 478. The van der Waals surface area contributed by atoms with Crippen molar-refractivity contribution in [1.82, 2.24) is 0 Å². The van der Waals surface area contributed by atoms with E-state index in [4.69, 9.17) is 15.3 Å². The molecule has 0 radical (unpaired) electrons. The lowest BCUT2D eigenvalue weighted by Crippen LogP contribution is -2.13. The summed E-state index contributed by atoms with van der Waals surface area (Å²) in [6.07, 6.45) is 0. The Hall–Kier alpha value is -0.930.